The molecule has 1 heterocycles. The van der Waals surface area contributed by atoms with E-state index in [1.54, 1.807) is 13.3 Å². The molecule has 23 heavy (non-hydrogen) atoms. The summed E-state index contributed by atoms with van der Waals surface area (Å²) in [4.78, 5) is 10.1. The first kappa shape index (κ1) is 15.2. The lowest BCUT2D eigenvalue weighted by molar-refractivity contribution is 0.415. The third-order valence-electron chi connectivity index (χ3n) is 3.52. The Morgan fingerprint density at radius 3 is 2.70 bits per heavy atom. The highest BCUT2D eigenvalue weighted by atomic mass is 32.1. The van der Waals surface area contributed by atoms with Crippen LogP contribution >= 0.6 is 12.2 Å². The van der Waals surface area contributed by atoms with E-state index in [9.17, 15) is 0 Å². The highest BCUT2D eigenvalue weighted by Gasteiger charge is 2.08. The molecule has 1 aromatic heterocycles. The van der Waals surface area contributed by atoms with Crippen LogP contribution in [0.1, 0.15) is 0 Å². The van der Waals surface area contributed by atoms with Gasteiger partial charge in [0.2, 0.25) is 0 Å². The molecule has 0 aliphatic carbocycles. The van der Waals surface area contributed by atoms with Gasteiger partial charge >= 0.3 is 0 Å². The van der Waals surface area contributed by atoms with Crippen LogP contribution < -0.4 is 15.0 Å². The summed E-state index contributed by atoms with van der Waals surface area (Å²) in [5, 5.41) is 4.80. The lowest BCUT2D eigenvalue weighted by Crippen LogP contribution is -2.30. The summed E-state index contributed by atoms with van der Waals surface area (Å²) < 4.78 is 5.17. The molecule has 0 aliphatic rings. The van der Waals surface area contributed by atoms with Crippen molar-refractivity contribution < 1.29 is 4.74 Å². The lowest BCUT2D eigenvalue weighted by atomic mass is 10.2. The van der Waals surface area contributed by atoms with Crippen molar-refractivity contribution in [3.8, 4) is 5.75 Å². The van der Waals surface area contributed by atoms with Crippen molar-refractivity contribution in [3.05, 3.63) is 55.0 Å². The predicted octanol–water partition coefficient (Wildman–Crippen LogP) is 3.47. The summed E-state index contributed by atoms with van der Waals surface area (Å²) in [6.45, 7) is 0. The van der Waals surface area contributed by atoms with Gasteiger partial charge in [-0.15, -0.1) is 0 Å². The van der Waals surface area contributed by atoms with Crippen molar-refractivity contribution in [2.75, 3.05) is 24.4 Å². The molecule has 0 amide bonds. The van der Waals surface area contributed by atoms with Gasteiger partial charge in [-0.05, 0) is 54.7 Å². The molecule has 0 fully saturated rings. The molecule has 2 aromatic carbocycles. The molecule has 1 N–H and O–H groups in total. The average Bonchev–Trinajstić information content (AvgIpc) is 2.61. The molecule has 0 spiro atoms. The van der Waals surface area contributed by atoms with E-state index in [4.69, 9.17) is 17.0 Å². The maximum absolute atomic E-state index is 5.48. The summed E-state index contributed by atoms with van der Waals surface area (Å²) in [7, 11) is 3.57. The van der Waals surface area contributed by atoms with Crippen LogP contribution in [-0.4, -0.2) is 29.2 Å². The Kier molecular flexibility index (Phi) is 4.34. The normalized spacial score (nSPS) is 10.3. The molecule has 116 valence electrons. The van der Waals surface area contributed by atoms with Gasteiger partial charge in [0.05, 0.1) is 12.6 Å². The number of hydrogen-bond donors (Lipinski definition) is 1. The SMILES string of the molecule is COc1ccc(N(C)C(=S)Nc2ccc3ncncc3c2)cc1. The standard InChI is InChI=1S/C17H16N4OS/c1-21(14-4-6-15(22-2)7-5-14)17(23)20-13-3-8-16-12(9-13)10-18-11-19-16/h3-11H,1-2H3,(H,20,23). The summed E-state index contributed by atoms with van der Waals surface area (Å²) in [5.74, 6) is 0.815. The van der Waals surface area contributed by atoms with Gasteiger partial charge in [-0.3, -0.25) is 0 Å². The Labute approximate surface area is 139 Å². The van der Waals surface area contributed by atoms with Gasteiger partial charge in [0.1, 0.15) is 12.1 Å². The number of hydrogen-bond acceptors (Lipinski definition) is 4. The number of nitrogens with zero attached hydrogens (tertiary/aromatic N) is 3. The number of rotatable bonds is 3. The lowest BCUT2D eigenvalue weighted by Gasteiger charge is -2.21. The van der Waals surface area contributed by atoms with Crippen molar-refractivity contribution in [2.45, 2.75) is 0 Å². The molecule has 0 saturated heterocycles. The molecular formula is C17H16N4OS. The van der Waals surface area contributed by atoms with E-state index in [-0.39, 0.29) is 0 Å². The fraction of sp³-hybridized carbons (Fsp3) is 0.118. The average molecular weight is 324 g/mol. The Hall–Kier alpha value is -2.73. The minimum Gasteiger partial charge on any atom is -0.497 e. The van der Waals surface area contributed by atoms with E-state index in [0.29, 0.717) is 5.11 Å². The predicted molar refractivity (Wildman–Crippen MR) is 97.2 cm³/mol. The van der Waals surface area contributed by atoms with Crippen molar-refractivity contribution in [3.63, 3.8) is 0 Å². The van der Waals surface area contributed by atoms with Crippen LogP contribution in [-0.2, 0) is 0 Å². The molecule has 0 radical (unpaired) electrons. The Morgan fingerprint density at radius 2 is 1.96 bits per heavy atom. The number of ether oxygens (including phenoxy) is 1. The van der Waals surface area contributed by atoms with Crippen molar-refractivity contribution in [1.82, 2.24) is 9.97 Å². The quantitative estimate of drug-likeness (QED) is 0.745. The number of aromatic nitrogens is 2. The van der Waals surface area contributed by atoms with Crippen LogP contribution in [0.5, 0.6) is 5.75 Å². The summed E-state index contributed by atoms with van der Waals surface area (Å²) in [6, 6.07) is 13.6. The Balaban J connectivity index is 1.76. The van der Waals surface area contributed by atoms with Crippen molar-refractivity contribution >= 4 is 39.6 Å². The molecular weight excluding hydrogens is 308 g/mol. The molecule has 0 saturated carbocycles. The van der Waals surface area contributed by atoms with Gasteiger partial charge in [-0.1, -0.05) is 0 Å². The van der Waals surface area contributed by atoms with E-state index in [1.165, 1.54) is 6.33 Å². The summed E-state index contributed by atoms with van der Waals surface area (Å²) >= 11 is 5.48. The van der Waals surface area contributed by atoms with Gasteiger partial charge in [-0.2, -0.15) is 0 Å². The minimum atomic E-state index is 0.603. The molecule has 0 bridgehead atoms. The third kappa shape index (κ3) is 3.37. The van der Waals surface area contributed by atoms with E-state index < -0.39 is 0 Å². The molecule has 3 aromatic rings. The van der Waals surface area contributed by atoms with E-state index in [0.717, 1.165) is 28.0 Å². The van der Waals surface area contributed by atoms with E-state index >= 15 is 0 Å². The van der Waals surface area contributed by atoms with E-state index in [2.05, 4.69) is 15.3 Å². The van der Waals surface area contributed by atoms with Gasteiger partial charge in [0, 0.05) is 30.0 Å². The van der Waals surface area contributed by atoms with Gasteiger partial charge in [0.25, 0.3) is 0 Å². The zero-order chi connectivity index (χ0) is 16.2. The van der Waals surface area contributed by atoms with Crippen LogP contribution in [0.3, 0.4) is 0 Å². The smallest absolute Gasteiger partial charge is 0.177 e. The summed E-state index contributed by atoms with van der Waals surface area (Å²) in [5.41, 5.74) is 2.78. The number of nitrogens with one attached hydrogen (secondary N) is 1. The number of thiocarbonyl (C=S) groups is 1. The highest BCUT2D eigenvalue weighted by molar-refractivity contribution is 7.80. The van der Waals surface area contributed by atoms with Crippen molar-refractivity contribution in [2.24, 2.45) is 0 Å². The summed E-state index contributed by atoms with van der Waals surface area (Å²) in [6.07, 6.45) is 3.32. The maximum atomic E-state index is 5.48. The van der Waals surface area contributed by atoms with Crippen LogP contribution in [0.15, 0.2) is 55.0 Å². The van der Waals surface area contributed by atoms with Crippen LogP contribution in [0.4, 0.5) is 11.4 Å². The van der Waals surface area contributed by atoms with Crippen LogP contribution in [0.2, 0.25) is 0 Å². The molecule has 0 unspecified atom stereocenters. The highest BCUT2D eigenvalue weighted by Crippen LogP contribution is 2.20. The van der Waals surface area contributed by atoms with Crippen LogP contribution in [0, 0.1) is 0 Å². The largest absolute Gasteiger partial charge is 0.497 e. The molecule has 0 aliphatic heterocycles. The molecule has 0 atom stereocenters. The molecule has 3 rings (SSSR count). The van der Waals surface area contributed by atoms with E-state index in [1.807, 2.05) is 54.4 Å². The second-order valence-electron chi connectivity index (χ2n) is 4.98. The number of benzene rings is 2. The van der Waals surface area contributed by atoms with Crippen LogP contribution in [0.25, 0.3) is 10.9 Å². The molecule has 5 nitrogen and oxygen atoms in total. The third-order valence-corrected chi connectivity index (χ3v) is 3.90. The Morgan fingerprint density at radius 1 is 1.17 bits per heavy atom. The zero-order valence-electron chi connectivity index (χ0n) is 12.9. The molecule has 6 heteroatoms. The second kappa shape index (κ2) is 6.58. The number of anilines is 2. The number of methoxy groups -OCH3 is 1. The van der Waals surface area contributed by atoms with Gasteiger partial charge < -0.3 is 15.0 Å². The fourth-order valence-corrected chi connectivity index (χ4v) is 2.42. The second-order valence-corrected chi connectivity index (χ2v) is 5.37. The van der Waals surface area contributed by atoms with Crippen molar-refractivity contribution in [1.29, 1.82) is 0 Å². The topological polar surface area (TPSA) is 50.3 Å². The fourth-order valence-electron chi connectivity index (χ4n) is 2.19. The first-order valence-corrected chi connectivity index (χ1v) is 7.47. The zero-order valence-corrected chi connectivity index (χ0v) is 13.7. The first-order valence-electron chi connectivity index (χ1n) is 7.06. The maximum Gasteiger partial charge on any atom is 0.177 e. The monoisotopic (exact) mass is 324 g/mol. The first-order chi connectivity index (χ1) is 11.2. The van der Waals surface area contributed by atoms with Gasteiger partial charge in [-0.25, -0.2) is 9.97 Å². The number of fused-ring (bicyclic) bond motifs is 1. The Bertz CT molecular complexity index is 835. The minimum absolute atomic E-state index is 0.603. The van der Waals surface area contributed by atoms with Gasteiger partial charge in [0.15, 0.2) is 5.11 Å².